The summed E-state index contributed by atoms with van der Waals surface area (Å²) in [5.74, 6) is -9.77. The average Bonchev–Trinajstić information content (AvgIpc) is 2.73. The predicted molar refractivity (Wildman–Crippen MR) is 128 cm³/mol. The van der Waals surface area contributed by atoms with E-state index in [1.807, 2.05) is 0 Å². The molecule has 0 atom stereocenters. The van der Waals surface area contributed by atoms with E-state index >= 15 is 0 Å². The Balaban J connectivity index is 2.72. The van der Waals surface area contributed by atoms with Crippen LogP contribution in [0.1, 0.15) is 58.8 Å². The second-order valence-corrected chi connectivity index (χ2v) is 10.3. The first kappa shape index (κ1) is 29.7. The summed E-state index contributed by atoms with van der Waals surface area (Å²) in [6.45, 7) is 10.4. The summed E-state index contributed by atoms with van der Waals surface area (Å²) >= 11 is 0. The maximum Gasteiger partial charge on any atom is 0.343 e. The van der Waals surface area contributed by atoms with Gasteiger partial charge in [0.15, 0.2) is 23.4 Å². The molecule has 0 saturated carbocycles. The molecule has 204 valence electrons. The lowest BCUT2D eigenvalue weighted by atomic mass is 10.1. The van der Waals surface area contributed by atoms with Gasteiger partial charge in [0.05, 0.1) is 18.5 Å². The van der Waals surface area contributed by atoms with Gasteiger partial charge in [-0.2, -0.15) is 0 Å². The number of halogens is 3. The fourth-order valence-corrected chi connectivity index (χ4v) is 3.34. The summed E-state index contributed by atoms with van der Waals surface area (Å²) < 4.78 is 59.5. The molecule has 1 heterocycles. The van der Waals surface area contributed by atoms with E-state index in [4.69, 9.17) is 14.2 Å². The number of hydrogen-bond donors (Lipinski definition) is 0. The van der Waals surface area contributed by atoms with Crippen LogP contribution in [0.5, 0.6) is 0 Å². The first-order chi connectivity index (χ1) is 16.9. The number of aromatic nitrogens is 1. The Morgan fingerprint density at radius 1 is 0.973 bits per heavy atom. The number of carbonyl (C=O) groups excluding carboxylic acids is 3. The number of esters is 3. The van der Waals surface area contributed by atoms with Gasteiger partial charge < -0.3 is 19.2 Å². The molecule has 12 heteroatoms. The quantitative estimate of drug-likeness (QED) is 0.233. The molecule has 0 fully saturated rings. The lowest BCUT2D eigenvalue weighted by Crippen LogP contribution is -2.46. The lowest BCUT2D eigenvalue weighted by Gasteiger charge is -2.31. The Morgan fingerprint density at radius 3 is 1.95 bits per heavy atom. The summed E-state index contributed by atoms with van der Waals surface area (Å²) in [4.78, 5) is 51.1. The molecule has 37 heavy (non-hydrogen) atoms. The smallest absolute Gasteiger partial charge is 0.343 e. The van der Waals surface area contributed by atoms with Crippen LogP contribution in [-0.2, 0) is 23.8 Å². The fourth-order valence-electron chi connectivity index (χ4n) is 3.34. The third-order valence-electron chi connectivity index (χ3n) is 4.80. The topological polar surface area (TPSA) is 104 Å². The summed E-state index contributed by atoms with van der Waals surface area (Å²) in [5.41, 5.74) is -4.34. The van der Waals surface area contributed by atoms with Crippen LogP contribution >= 0.6 is 0 Å². The van der Waals surface area contributed by atoms with Crippen molar-refractivity contribution in [3.8, 4) is 0 Å². The Kier molecular flexibility index (Phi) is 8.67. The van der Waals surface area contributed by atoms with Crippen molar-refractivity contribution in [1.82, 2.24) is 4.68 Å². The number of hydrogen-bond acceptors (Lipinski definition) is 8. The van der Waals surface area contributed by atoms with Crippen molar-refractivity contribution in [3.63, 3.8) is 0 Å². The number of ether oxygens (including phenoxy) is 3. The highest BCUT2D eigenvalue weighted by molar-refractivity contribution is 5.96. The largest absolute Gasteiger partial charge is 0.462 e. The van der Waals surface area contributed by atoms with Crippen LogP contribution in [0, 0.1) is 23.4 Å². The summed E-state index contributed by atoms with van der Waals surface area (Å²) in [6.07, 6.45) is 0.865. The highest BCUT2D eigenvalue weighted by Gasteiger charge is 2.36. The van der Waals surface area contributed by atoms with Crippen molar-refractivity contribution < 1.29 is 41.8 Å². The number of nitrogens with zero attached hydrogens (tertiary/aromatic N) is 2. The normalized spacial score (nSPS) is 12.0. The molecule has 0 saturated heterocycles. The minimum absolute atomic E-state index is 0.0996. The van der Waals surface area contributed by atoms with Gasteiger partial charge in [0, 0.05) is 13.2 Å². The summed E-state index contributed by atoms with van der Waals surface area (Å²) in [7, 11) is 1.28. The highest BCUT2D eigenvalue weighted by Crippen LogP contribution is 2.23. The van der Waals surface area contributed by atoms with E-state index in [1.54, 1.807) is 41.5 Å². The van der Waals surface area contributed by atoms with E-state index in [0.29, 0.717) is 6.07 Å². The predicted octanol–water partition coefficient (Wildman–Crippen LogP) is 3.46. The molecular weight excluding hydrogens is 497 g/mol. The minimum atomic E-state index is -1.85. The van der Waals surface area contributed by atoms with Gasteiger partial charge in [-0.25, -0.2) is 18.0 Å². The van der Waals surface area contributed by atoms with Crippen LogP contribution in [0.4, 0.5) is 13.2 Å². The molecule has 0 spiro atoms. The maximum absolute atomic E-state index is 14.9. The fraction of sp³-hybridized carbons (Fsp3) is 0.520. The van der Waals surface area contributed by atoms with E-state index in [-0.39, 0.29) is 6.61 Å². The molecule has 1 aromatic heterocycles. The zero-order chi connectivity index (χ0) is 28.5. The van der Waals surface area contributed by atoms with Gasteiger partial charge in [-0.3, -0.25) is 19.1 Å². The van der Waals surface area contributed by atoms with E-state index < -0.39 is 80.9 Å². The second-order valence-electron chi connectivity index (χ2n) is 10.3. The first-order valence-corrected chi connectivity index (χ1v) is 11.4. The van der Waals surface area contributed by atoms with E-state index in [9.17, 15) is 32.3 Å². The van der Waals surface area contributed by atoms with Gasteiger partial charge in [0.25, 0.3) is 0 Å². The standard InChI is InChI=1S/C25H31F3N2O7/c1-9-35-21(32)14-12-30(19-13(20(14)31)10-16(26)17(27)18(19)28)29(8)11-15(22(33)36-24(2,3)4)23(34)37-25(5,6)7/h10,12,15H,9,11H2,1-8H3. The Hall–Kier alpha value is -3.57. The Labute approximate surface area is 212 Å². The van der Waals surface area contributed by atoms with E-state index in [2.05, 4.69) is 0 Å². The van der Waals surface area contributed by atoms with Crippen LogP contribution in [0.3, 0.4) is 0 Å². The van der Waals surface area contributed by atoms with Gasteiger partial charge in [0.2, 0.25) is 5.43 Å². The molecule has 0 aliphatic rings. The molecule has 0 N–H and O–H groups in total. The molecular formula is C25H31F3N2O7. The van der Waals surface area contributed by atoms with Crippen molar-refractivity contribution in [3.05, 3.63) is 45.5 Å². The van der Waals surface area contributed by atoms with Crippen LogP contribution in [0.15, 0.2) is 17.1 Å². The van der Waals surface area contributed by atoms with Crippen molar-refractivity contribution in [1.29, 1.82) is 0 Å². The minimum Gasteiger partial charge on any atom is -0.462 e. The van der Waals surface area contributed by atoms with Crippen molar-refractivity contribution in [2.45, 2.75) is 59.7 Å². The Bertz CT molecular complexity index is 1250. The monoisotopic (exact) mass is 528 g/mol. The van der Waals surface area contributed by atoms with Crippen LogP contribution < -0.4 is 10.4 Å². The zero-order valence-electron chi connectivity index (χ0n) is 22.0. The number of rotatable bonds is 7. The van der Waals surface area contributed by atoms with Gasteiger partial charge in [-0.15, -0.1) is 0 Å². The Morgan fingerprint density at radius 2 is 1.49 bits per heavy atom. The van der Waals surface area contributed by atoms with Crippen molar-refractivity contribution in [2.24, 2.45) is 5.92 Å². The van der Waals surface area contributed by atoms with Gasteiger partial charge in [-0.1, -0.05) is 0 Å². The SMILES string of the molecule is CCOC(=O)c1cn(N(C)CC(C(=O)OC(C)(C)C)C(=O)OC(C)(C)C)c2c(F)c(F)c(F)cc2c1=O. The lowest BCUT2D eigenvalue weighted by molar-refractivity contribution is -0.174. The molecule has 0 aliphatic carbocycles. The molecule has 1 aromatic carbocycles. The second kappa shape index (κ2) is 10.8. The first-order valence-electron chi connectivity index (χ1n) is 11.4. The summed E-state index contributed by atoms with van der Waals surface area (Å²) in [5, 5.41) is 0.420. The van der Waals surface area contributed by atoms with Crippen molar-refractivity contribution in [2.75, 3.05) is 25.2 Å². The molecule has 0 radical (unpaired) electrons. The highest BCUT2D eigenvalue weighted by atomic mass is 19.2. The van der Waals surface area contributed by atoms with E-state index in [1.165, 1.54) is 14.0 Å². The molecule has 0 unspecified atom stereocenters. The molecule has 0 bridgehead atoms. The van der Waals surface area contributed by atoms with E-state index in [0.717, 1.165) is 15.9 Å². The zero-order valence-corrected chi connectivity index (χ0v) is 22.0. The third-order valence-corrected chi connectivity index (χ3v) is 4.80. The van der Waals surface area contributed by atoms with Crippen molar-refractivity contribution >= 4 is 28.8 Å². The summed E-state index contributed by atoms with van der Waals surface area (Å²) in [6, 6.07) is 0.461. The number of pyridine rings is 1. The number of fused-ring (bicyclic) bond motifs is 1. The van der Waals surface area contributed by atoms with Gasteiger partial charge in [-0.05, 0) is 54.5 Å². The van der Waals surface area contributed by atoms with Gasteiger partial charge >= 0.3 is 17.9 Å². The van der Waals surface area contributed by atoms with Gasteiger partial charge in [0.1, 0.15) is 22.3 Å². The van der Waals surface area contributed by atoms with Crippen LogP contribution in [-0.4, -0.2) is 54.0 Å². The molecule has 0 amide bonds. The molecule has 0 aliphatic heterocycles. The molecule has 9 nitrogen and oxygen atoms in total. The van der Waals surface area contributed by atoms with Crippen LogP contribution in [0.2, 0.25) is 0 Å². The third kappa shape index (κ3) is 7.01. The average molecular weight is 529 g/mol. The number of benzene rings is 1. The van der Waals surface area contributed by atoms with Crippen LogP contribution in [0.25, 0.3) is 10.9 Å². The maximum atomic E-state index is 14.9. The number of carbonyl (C=O) groups is 3. The molecule has 2 rings (SSSR count). The molecule has 2 aromatic rings.